The van der Waals surface area contributed by atoms with Gasteiger partial charge < -0.3 is 4.79 Å². The molecule has 1 atom stereocenters. The molecule has 0 aromatic carbocycles. The van der Waals surface area contributed by atoms with Crippen LogP contribution >= 0.6 is 22.6 Å². The minimum atomic E-state index is 0.0758. The van der Waals surface area contributed by atoms with E-state index in [9.17, 15) is 4.79 Å². The number of hydrogen-bond donors (Lipinski definition) is 0. The first kappa shape index (κ1) is 8.14. The minimum Gasteiger partial charge on any atom is -0.303 e. The molecular formula is C6H9IO. The van der Waals surface area contributed by atoms with E-state index in [0.29, 0.717) is 0 Å². The normalized spacial score (nSPS) is 15.6. The van der Waals surface area contributed by atoms with Gasteiger partial charge in [-0.05, 0) is 33.1 Å². The molecule has 8 heavy (non-hydrogen) atoms. The van der Waals surface area contributed by atoms with Gasteiger partial charge in [0, 0.05) is 5.92 Å². The summed E-state index contributed by atoms with van der Waals surface area (Å²) in [7, 11) is 0. The van der Waals surface area contributed by atoms with Gasteiger partial charge in [-0.2, -0.15) is 0 Å². The van der Waals surface area contributed by atoms with Crippen molar-refractivity contribution in [2.75, 3.05) is 0 Å². The highest BCUT2D eigenvalue weighted by molar-refractivity contribution is 14.1. The van der Waals surface area contributed by atoms with Crippen LogP contribution in [0.4, 0.5) is 0 Å². The predicted molar refractivity (Wildman–Crippen MR) is 43.0 cm³/mol. The Balaban J connectivity index is 3.68. The van der Waals surface area contributed by atoms with Crippen LogP contribution in [0.25, 0.3) is 0 Å². The molecule has 0 N–H and O–H groups in total. The largest absolute Gasteiger partial charge is 0.303 e. The molecule has 0 aromatic heterocycles. The summed E-state index contributed by atoms with van der Waals surface area (Å²) in [4.78, 5) is 9.99. The Kier molecular flexibility index (Phi) is 4.13. The number of halogens is 1. The van der Waals surface area contributed by atoms with Crippen molar-refractivity contribution in [3.8, 4) is 0 Å². The lowest BCUT2D eigenvalue weighted by atomic mass is 10.2. The number of allylic oxidation sites excluding steroid dienone is 2. The van der Waals surface area contributed by atoms with Gasteiger partial charge in [0.1, 0.15) is 6.29 Å². The molecule has 0 fully saturated rings. The molecule has 1 nitrogen and oxygen atoms in total. The fourth-order valence-electron chi connectivity index (χ4n) is 0.402. The van der Waals surface area contributed by atoms with Crippen LogP contribution < -0.4 is 0 Å². The standard InChI is InChI=1S/C6H9IO/c1-5(4-8)3-6(2)7/h3-5H,1-2H3/b6-3+/t5-/m0/s1. The Morgan fingerprint density at radius 3 is 2.38 bits per heavy atom. The van der Waals surface area contributed by atoms with Crippen molar-refractivity contribution in [3.05, 3.63) is 9.66 Å². The van der Waals surface area contributed by atoms with Crippen molar-refractivity contribution < 1.29 is 4.79 Å². The topological polar surface area (TPSA) is 17.1 Å². The van der Waals surface area contributed by atoms with E-state index < -0.39 is 0 Å². The minimum absolute atomic E-state index is 0.0758. The fraction of sp³-hybridized carbons (Fsp3) is 0.500. The lowest BCUT2D eigenvalue weighted by Crippen LogP contribution is -1.88. The molecule has 0 aliphatic rings. The molecular weight excluding hydrogens is 215 g/mol. The van der Waals surface area contributed by atoms with Gasteiger partial charge in [-0.1, -0.05) is 13.0 Å². The second-order valence-corrected chi connectivity index (χ2v) is 3.45. The lowest BCUT2D eigenvalue weighted by Gasteiger charge is -1.90. The summed E-state index contributed by atoms with van der Waals surface area (Å²) < 4.78 is 1.17. The van der Waals surface area contributed by atoms with E-state index in [1.54, 1.807) is 0 Å². The Hall–Kier alpha value is 0.140. The zero-order valence-corrected chi connectivity index (χ0v) is 7.18. The van der Waals surface area contributed by atoms with Gasteiger partial charge in [-0.15, -0.1) is 0 Å². The van der Waals surface area contributed by atoms with E-state index >= 15 is 0 Å². The van der Waals surface area contributed by atoms with Gasteiger partial charge in [0.25, 0.3) is 0 Å². The number of hydrogen-bond acceptors (Lipinski definition) is 1. The lowest BCUT2D eigenvalue weighted by molar-refractivity contribution is -0.109. The van der Waals surface area contributed by atoms with Crippen molar-refractivity contribution in [3.63, 3.8) is 0 Å². The molecule has 0 aromatic rings. The van der Waals surface area contributed by atoms with Crippen LogP contribution in [0.2, 0.25) is 0 Å². The second-order valence-electron chi connectivity index (χ2n) is 1.75. The third-order valence-corrected chi connectivity index (χ3v) is 1.07. The average Bonchev–Trinajstić information content (AvgIpc) is 1.65. The smallest absolute Gasteiger partial charge is 0.126 e. The summed E-state index contributed by atoms with van der Waals surface area (Å²) in [6.45, 7) is 3.84. The highest BCUT2D eigenvalue weighted by atomic mass is 127. The summed E-state index contributed by atoms with van der Waals surface area (Å²) in [5, 5.41) is 0. The summed E-state index contributed by atoms with van der Waals surface area (Å²) >= 11 is 2.18. The molecule has 46 valence electrons. The van der Waals surface area contributed by atoms with Crippen LogP contribution in [0.1, 0.15) is 13.8 Å². The van der Waals surface area contributed by atoms with Crippen molar-refractivity contribution in [2.45, 2.75) is 13.8 Å². The Morgan fingerprint density at radius 1 is 1.75 bits per heavy atom. The van der Waals surface area contributed by atoms with Crippen LogP contribution in [0.15, 0.2) is 9.66 Å². The van der Waals surface area contributed by atoms with Crippen LogP contribution in [0, 0.1) is 5.92 Å². The maximum absolute atomic E-state index is 9.99. The molecule has 0 rings (SSSR count). The first-order valence-corrected chi connectivity index (χ1v) is 3.54. The SMILES string of the molecule is C/C(I)=C\[C@H](C)C=O. The van der Waals surface area contributed by atoms with Crippen LogP contribution in [0.3, 0.4) is 0 Å². The maximum Gasteiger partial charge on any atom is 0.126 e. The molecule has 0 aliphatic heterocycles. The van der Waals surface area contributed by atoms with Crippen LogP contribution in [0.5, 0.6) is 0 Å². The zero-order valence-electron chi connectivity index (χ0n) is 5.02. The quantitative estimate of drug-likeness (QED) is 0.518. The first-order chi connectivity index (χ1) is 3.66. The number of aldehydes is 1. The van der Waals surface area contributed by atoms with Crippen LogP contribution in [-0.4, -0.2) is 6.29 Å². The zero-order chi connectivity index (χ0) is 6.57. The molecule has 0 bridgehead atoms. The molecule has 0 unspecified atom stereocenters. The summed E-state index contributed by atoms with van der Waals surface area (Å²) in [5.74, 6) is 0.0758. The summed E-state index contributed by atoms with van der Waals surface area (Å²) in [6, 6.07) is 0. The van der Waals surface area contributed by atoms with Gasteiger partial charge in [0.2, 0.25) is 0 Å². The Labute approximate surface area is 63.3 Å². The van der Waals surface area contributed by atoms with E-state index in [4.69, 9.17) is 0 Å². The van der Waals surface area contributed by atoms with E-state index in [1.807, 2.05) is 19.9 Å². The maximum atomic E-state index is 9.99. The highest BCUT2D eigenvalue weighted by Gasteiger charge is 1.90. The summed E-state index contributed by atoms with van der Waals surface area (Å²) in [6.07, 6.45) is 2.86. The van der Waals surface area contributed by atoms with Gasteiger partial charge in [0.05, 0.1) is 0 Å². The van der Waals surface area contributed by atoms with E-state index in [1.165, 1.54) is 3.58 Å². The second kappa shape index (κ2) is 4.06. The van der Waals surface area contributed by atoms with Crippen molar-refractivity contribution in [2.24, 2.45) is 5.92 Å². The molecule has 0 radical (unpaired) electrons. The van der Waals surface area contributed by atoms with Gasteiger partial charge >= 0.3 is 0 Å². The molecule has 0 amide bonds. The van der Waals surface area contributed by atoms with E-state index in [2.05, 4.69) is 22.6 Å². The molecule has 0 heterocycles. The first-order valence-electron chi connectivity index (χ1n) is 2.46. The summed E-state index contributed by atoms with van der Waals surface area (Å²) in [5.41, 5.74) is 0. The molecule has 0 saturated carbocycles. The van der Waals surface area contributed by atoms with Gasteiger partial charge in [-0.25, -0.2) is 0 Å². The Morgan fingerprint density at radius 2 is 2.25 bits per heavy atom. The monoisotopic (exact) mass is 224 g/mol. The fourth-order valence-corrected chi connectivity index (χ4v) is 0.969. The number of carbonyl (C=O) groups is 1. The van der Waals surface area contributed by atoms with E-state index in [0.717, 1.165) is 6.29 Å². The average molecular weight is 224 g/mol. The predicted octanol–water partition coefficient (Wildman–Crippen LogP) is 2.16. The third kappa shape index (κ3) is 4.30. The number of rotatable bonds is 2. The van der Waals surface area contributed by atoms with Gasteiger partial charge in [0.15, 0.2) is 0 Å². The highest BCUT2D eigenvalue weighted by Crippen LogP contribution is 2.06. The van der Waals surface area contributed by atoms with Crippen molar-refractivity contribution >= 4 is 28.9 Å². The molecule has 0 aliphatic carbocycles. The molecule has 2 heteroatoms. The van der Waals surface area contributed by atoms with Crippen LogP contribution in [-0.2, 0) is 4.79 Å². The molecule has 0 spiro atoms. The van der Waals surface area contributed by atoms with Gasteiger partial charge in [-0.3, -0.25) is 0 Å². The molecule has 0 saturated heterocycles. The van der Waals surface area contributed by atoms with Crippen molar-refractivity contribution in [1.29, 1.82) is 0 Å². The van der Waals surface area contributed by atoms with E-state index in [-0.39, 0.29) is 5.92 Å². The third-order valence-electron chi connectivity index (χ3n) is 0.707. The van der Waals surface area contributed by atoms with Crippen molar-refractivity contribution in [1.82, 2.24) is 0 Å². The Bertz CT molecular complexity index is 103. The number of carbonyl (C=O) groups excluding carboxylic acids is 1.